The van der Waals surface area contributed by atoms with Gasteiger partial charge in [0.2, 0.25) is 0 Å². The van der Waals surface area contributed by atoms with E-state index < -0.39 is 0 Å². The molecule has 4 rings (SSSR count). The molecular weight excluding hydrogens is 284 g/mol. The summed E-state index contributed by atoms with van der Waals surface area (Å²) in [5.74, 6) is 2.12. The fourth-order valence-corrected chi connectivity index (χ4v) is 3.98. The van der Waals surface area contributed by atoms with Crippen LogP contribution >= 0.6 is 11.3 Å². The molecule has 5 heteroatoms. The molecule has 0 unspecified atom stereocenters. The molecule has 0 saturated carbocycles. The SMILES string of the molecule is Cc1sc(C)c2c1COc1cc3c(cc1OC2)C(N)=NC3. The van der Waals surface area contributed by atoms with Crippen molar-refractivity contribution in [1.29, 1.82) is 0 Å². The van der Waals surface area contributed by atoms with Gasteiger partial charge in [-0.1, -0.05) is 0 Å². The zero-order valence-electron chi connectivity index (χ0n) is 12.0. The molecule has 2 N–H and O–H groups in total. The van der Waals surface area contributed by atoms with E-state index in [0.717, 1.165) is 22.6 Å². The smallest absolute Gasteiger partial charge is 0.162 e. The normalized spacial score (nSPS) is 15.8. The standard InChI is InChI=1S/C16H16N2O2S/c1-8-12-6-19-14-3-10-5-18-16(17)11(10)4-15(14)20-7-13(12)9(2)21-8/h3-4H,5-7H2,1-2H3,(H2,17,18). The van der Waals surface area contributed by atoms with E-state index in [9.17, 15) is 0 Å². The molecule has 2 aliphatic heterocycles. The van der Waals surface area contributed by atoms with E-state index in [1.54, 1.807) is 11.3 Å². The van der Waals surface area contributed by atoms with Crippen LogP contribution in [0.4, 0.5) is 0 Å². The van der Waals surface area contributed by atoms with Crippen molar-refractivity contribution in [3.8, 4) is 11.5 Å². The fourth-order valence-electron chi connectivity index (χ4n) is 2.91. The maximum atomic E-state index is 6.00. The number of amidine groups is 1. The van der Waals surface area contributed by atoms with Gasteiger partial charge in [0.1, 0.15) is 19.0 Å². The number of hydrogen-bond donors (Lipinski definition) is 1. The van der Waals surface area contributed by atoms with E-state index in [0.29, 0.717) is 25.6 Å². The maximum Gasteiger partial charge on any atom is 0.162 e. The number of benzene rings is 1. The van der Waals surface area contributed by atoms with Gasteiger partial charge in [-0.3, -0.25) is 4.99 Å². The largest absolute Gasteiger partial charge is 0.485 e. The van der Waals surface area contributed by atoms with Crippen LogP contribution in [0.15, 0.2) is 17.1 Å². The van der Waals surface area contributed by atoms with Crippen LogP contribution < -0.4 is 15.2 Å². The van der Waals surface area contributed by atoms with E-state index in [-0.39, 0.29) is 0 Å². The van der Waals surface area contributed by atoms with E-state index >= 15 is 0 Å². The Morgan fingerprint density at radius 2 is 1.67 bits per heavy atom. The summed E-state index contributed by atoms with van der Waals surface area (Å²) in [7, 11) is 0. The van der Waals surface area contributed by atoms with Crippen LogP contribution in [0.3, 0.4) is 0 Å². The van der Waals surface area contributed by atoms with Crippen molar-refractivity contribution in [1.82, 2.24) is 0 Å². The second-order valence-electron chi connectivity index (χ2n) is 5.41. The third-order valence-corrected chi connectivity index (χ3v) is 5.23. The predicted octanol–water partition coefficient (Wildman–Crippen LogP) is 3.06. The Labute approximate surface area is 127 Å². The first-order valence-corrected chi connectivity index (χ1v) is 7.75. The van der Waals surface area contributed by atoms with E-state index in [1.807, 2.05) is 12.1 Å². The van der Waals surface area contributed by atoms with Crippen LogP contribution in [-0.4, -0.2) is 5.84 Å². The van der Waals surface area contributed by atoms with Crippen LogP contribution in [0.2, 0.25) is 0 Å². The Morgan fingerprint density at radius 3 is 2.33 bits per heavy atom. The predicted molar refractivity (Wildman–Crippen MR) is 83.3 cm³/mol. The second kappa shape index (κ2) is 4.49. The van der Waals surface area contributed by atoms with Crippen LogP contribution in [0.25, 0.3) is 0 Å². The Hall–Kier alpha value is -2.01. The fraction of sp³-hybridized carbons (Fsp3) is 0.312. The van der Waals surface area contributed by atoms with Gasteiger partial charge in [-0.2, -0.15) is 0 Å². The first kappa shape index (κ1) is 12.7. The van der Waals surface area contributed by atoms with Crippen molar-refractivity contribution in [2.24, 2.45) is 10.7 Å². The molecule has 108 valence electrons. The molecule has 0 bridgehead atoms. The van der Waals surface area contributed by atoms with Gasteiger partial charge in [-0.05, 0) is 31.5 Å². The highest BCUT2D eigenvalue weighted by Gasteiger charge is 2.22. The third-order valence-electron chi connectivity index (χ3n) is 4.13. The molecule has 0 atom stereocenters. The van der Waals surface area contributed by atoms with E-state index in [2.05, 4.69) is 18.8 Å². The van der Waals surface area contributed by atoms with E-state index in [4.69, 9.17) is 15.2 Å². The first-order valence-electron chi connectivity index (χ1n) is 6.94. The summed E-state index contributed by atoms with van der Waals surface area (Å²) in [5, 5.41) is 0. The molecule has 21 heavy (non-hydrogen) atoms. The molecule has 0 fully saturated rings. The summed E-state index contributed by atoms with van der Waals surface area (Å²) in [5.41, 5.74) is 10.5. The molecule has 3 heterocycles. The molecule has 0 radical (unpaired) electrons. The number of nitrogens with zero attached hydrogens (tertiary/aromatic N) is 1. The third kappa shape index (κ3) is 1.92. The summed E-state index contributed by atoms with van der Waals surface area (Å²) in [6.45, 7) is 6.07. The van der Waals surface area contributed by atoms with Crippen molar-refractivity contribution in [3.05, 3.63) is 44.1 Å². The number of ether oxygens (including phenoxy) is 2. The van der Waals surface area contributed by atoms with Gasteiger partial charge in [0, 0.05) is 26.4 Å². The van der Waals surface area contributed by atoms with Crippen LogP contribution in [0.1, 0.15) is 32.0 Å². The minimum Gasteiger partial charge on any atom is -0.485 e. The number of aryl methyl sites for hydroxylation is 2. The lowest BCUT2D eigenvalue weighted by Crippen LogP contribution is -2.13. The molecule has 0 amide bonds. The minimum atomic E-state index is 0.581. The Morgan fingerprint density at radius 1 is 1.05 bits per heavy atom. The monoisotopic (exact) mass is 300 g/mol. The maximum absolute atomic E-state index is 6.00. The lowest BCUT2D eigenvalue weighted by atomic mass is 10.1. The van der Waals surface area contributed by atoms with Crippen molar-refractivity contribution in [2.75, 3.05) is 0 Å². The molecule has 1 aromatic carbocycles. The summed E-state index contributed by atoms with van der Waals surface area (Å²) in [6.07, 6.45) is 0. The van der Waals surface area contributed by atoms with E-state index in [1.165, 1.54) is 20.9 Å². The molecule has 2 aliphatic rings. The highest BCUT2D eigenvalue weighted by atomic mass is 32.1. The average molecular weight is 300 g/mol. The summed E-state index contributed by atoms with van der Waals surface area (Å²) in [4.78, 5) is 6.88. The van der Waals surface area contributed by atoms with Crippen LogP contribution in [-0.2, 0) is 19.8 Å². The summed E-state index contributed by atoms with van der Waals surface area (Å²) < 4.78 is 12.0. The zero-order valence-corrected chi connectivity index (χ0v) is 12.8. The second-order valence-corrected chi connectivity index (χ2v) is 6.84. The number of fused-ring (bicyclic) bond motifs is 3. The highest BCUT2D eigenvalue weighted by Crippen LogP contribution is 2.38. The Bertz CT molecular complexity index is 777. The lowest BCUT2D eigenvalue weighted by molar-refractivity contribution is 0.237. The number of nitrogens with two attached hydrogens (primary N) is 1. The molecule has 2 aromatic rings. The lowest BCUT2D eigenvalue weighted by Gasteiger charge is -2.19. The van der Waals surface area contributed by atoms with Gasteiger partial charge in [-0.15, -0.1) is 11.3 Å². The van der Waals surface area contributed by atoms with Crippen molar-refractivity contribution >= 4 is 17.2 Å². The number of rotatable bonds is 0. The van der Waals surface area contributed by atoms with Gasteiger partial charge >= 0.3 is 0 Å². The molecular formula is C16H16N2O2S. The van der Waals surface area contributed by atoms with Gasteiger partial charge in [0.25, 0.3) is 0 Å². The van der Waals surface area contributed by atoms with Crippen molar-refractivity contribution in [2.45, 2.75) is 33.6 Å². The molecule has 0 aliphatic carbocycles. The summed E-state index contributed by atoms with van der Waals surface area (Å²) >= 11 is 1.81. The molecule has 4 nitrogen and oxygen atoms in total. The Kier molecular flexibility index (Phi) is 2.72. The highest BCUT2D eigenvalue weighted by molar-refractivity contribution is 7.12. The molecule has 1 aromatic heterocycles. The average Bonchev–Trinajstić information content (AvgIpc) is 2.91. The van der Waals surface area contributed by atoms with Gasteiger partial charge < -0.3 is 15.2 Å². The van der Waals surface area contributed by atoms with Gasteiger partial charge in [-0.25, -0.2) is 0 Å². The number of thiophene rings is 1. The van der Waals surface area contributed by atoms with Crippen LogP contribution in [0.5, 0.6) is 11.5 Å². The zero-order chi connectivity index (χ0) is 14.6. The summed E-state index contributed by atoms with van der Waals surface area (Å²) in [6, 6.07) is 3.96. The molecule has 0 saturated heterocycles. The van der Waals surface area contributed by atoms with Gasteiger partial charge in [0.05, 0.1) is 6.54 Å². The first-order chi connectivity index (χ1) is 10.1. The topological polar surface area (TPSA) is 56.8 Å². The van der Waals surface area contributed by atoms with Crippen LogP contribution in [0, 0.1) is 13.8 Å². The molecule has 0 spiro atoms. The van der Waals surface area contributed by atoms with Crippen molar-refractivity contribution in [3.63, 3.8) is 0 Å². The van der Waals surface area contributed by atoms with Gasteiger partial charge in [0.15, 0.2) is 11.5 Å². The van der Waals surface area contributed by atoms with Crippen molar-refractivity contribution < 1.29 is 9.47 Å². The quantitative estimate of drug-likeness (QED) is 0.813. The minimum absolute atomic E-state index is 0.581. The number of aliphatic imine (C=N–C) groups is 1. The number of hydrogen-bond acceptors (Lipinski definition) is 5. The Balaban J connectivity index is 1.75.